The molecule has 66 valence electrons. The average Bonchev–Trinajstić information content (AvgIpc) is 2.04. The summed E-state index contributed by atoms with van der Waals surface area (Å²) in [5.41, 5.74) is 0.481. The van der Waals surface area contributed by atoms with Crippen molar-refractivity contribution in [3.05, 3.63) is 23.8 Å². The largest absolute Gasteiger partial charge is 0.504 e. The molecule has 0 saturated carbocycles. The Balaban J connectivity index is 3.14. The molecule has 0 fully saturated rings. The standard InChI is InChI=1S/C9H12O3/c1-6(10)7-4-3-5-8(12-2)9(7)11/h3-6,10-11H,1-2H3/t6-/m0/s1. The third-order valence-corrected chi connectivity index (χ3v) is 1.70. The molecular weight excluding hydrogens is 156 g/mol. The summed E-state index contributed by atoms with van der Waals surface area (Å²) in [7, 11) is 1.47. The van der Waals surface area contributed by atoms with Gasteiger partial charge in [-0.3, -0.25) is 0 Å². The van der Waals surface area contributed by atoms with E-state index in [4.69, 9.17) is 4.74 Å². The summed E-state index contributed by atoms with van der Waals surface area (Å²) in [5, 5.41) is 18.7. The summed E-state index contributed by atoms with van der Waals surface area (Å²) in [5.74, 6) is 0.392. The van der Waals surface area contributed by atoms with Crippen molar-refractivity contribution in [1.82, 2.24) is 0 Å². The van der Waals surface area contributed by atoms with E-state index in [1.807, 2.05) is 0 Å². The van der Waals surface area contributed by atoms with Gasteiger partial charge in [0.05, 0.1) is 13.2 Å². The molecule has 0 heterocycles. The zero-order valence-corrected chi connectivity index (χ0v) is 7.11. The van der Waals surface area contributed by atoms with Crippen molar-refractivity contribution in [2.75, 3.05) is 7.11 Å². The summed E-state index contributed by atoms with van der Waals surface area (Å²) < 4.78 is 4.87. The maximum atomic E-state index is 9.47. The van der Waals surface area contributed by atoms with Gasteiger partial charge in [0, 0.05) is 5.56 Å². The van der Waals surface area contributed by atoms with E-state index in [9.17, 15) is 10.2 Å². The van der Waals surface area contributed by atoms with Gasteiger partial charge in [-0.15, -0.1) is 0 Å². The first-order valence-electron chi connectivity index (χ1n) is 3.70. The first-order valence-corrected chi connectivity index (χ1v) is 3.70. The Hall–Kier alpha value is -1.22. The van der Waals surface area contributed by atoms with Gasteiger partial charge in [0.2, 0.25) is 0 Å². The number of rotatable bonds is 2. The Morgan fingerprint density at radius 3 is 2.58 bits per heavy atom. The number of para-hydroxylation sites is 1. The van der Waals surface area contributed by atoms with Crippen LogP contribution >= 0.6 is 0 Å². The van der Waals surface area contributed by atoms with Crippen LogP contribution in [0, 0.1) is 0 Å². The predicted molar refractivity (Wildman–Crippen MR) is 45.3 cm³/mol. The Bertz CT molecular complexity index is 268. The van der Waals surface area contributed by atoms with Gasteiger partial charge in [0.15, 0.2) is 11.5 Å². The Morgan fingerprint density at radius 2 is 2.08 bits per heavy atom. The smallest absolute Gasteiger partial charge is 0.163 e. The molecule has 0 aliphatic carbocycles. The fraction of sp³-hybridized carbons (Fsp3) is 0.333. The van der Waals surface area contributed by atoms with Crippen molar-refractivity contribution in [1.29, 1.82) is 0 Å². The van der Waals surface area contributed by atoms with Gasteiger partial charge in [-0.25, -0.2) is 0 Å². The lowest BCUT2D eigenvalue weighted by Gasteiger charge is -2.09. The minimum atomic E-state index is -0.680. The molecule has 3 heteroatoms. The van der Waals surface area contributed by atoms with E-state index < -0.39 is 6.10 Å². The van der Waals surface area contributed by atoms with Gasteiger partial charge in [-0.05, 0) is 13.0 Å². The zero-order valence-electron chi connectivity index (χ0n) is 7.11. The topological polar surface area (TPSA) is 49.7 Å². The molecular formula is C9H12O3. The van der Waals surface area contributed by atoms with E-state index >= 15 is 0 Å². The first-order chi connectivity index (χ1) is 5.66. The van der Waals surface area contributed by atoms with Crippen LogP contribution < -0.4 is 4.74 Å². The molecule has 1 atom stereocenters. The maximum Gasteiger partial charge on any atom is 0.163 e. The number of methoxy groups -OCH3 is 1. The third kappa shape index (κ3) is 1.51. The van der Waals surface area contributed by atoms with Crippen molar-refractivity contribution in [2.45, 2.75) is 13.0 Å². The van der Waals surface area contributed by atoms with E-state index in [-0.39, 0.29) is 5.75 Å². The molecule has 2 N–H and O–H groups in total. The molecule has 0 spiro atoms. The van der Waals surface area contributed by atoms with Crippen LogP contribution in [0.25, 0.3) is 0 Å². The van der Waals surface area contributed by atoms with Crippen LogP contribution in [-0.2, 0) is 0 Å². The molecule has 0 aliphatic heterocycles. The minimum Gasteiger partial charge on any atom is -0.504 e. The molecule has 0 aliphatic rings. The van der Waals surface area contributed by atoms with Gasteiger partial charge in [-0.2, -0.15) is 0 Å². The van der Waals surface area contributed by atoms with E-state index in [0.29, 0.717) is 11.3 Å². The second kappa shape index (κ2) is 3.45. The molecule has 0 aromatic heterocycles. The number of hydrogen-bond acceptors (Lipinski definition) is 3. The third-order valence-electron chi connectivity index (χ3n) is 1.70. The second-order valence-corrected chi connectivity index (χ2v) is 2.57. The number of benzene rings is 1. The fourth-order valence-electron chi connectivity index (χ4n) is 1.04. The summed E-state index contributed by atoms with van der Waals surface area (Å²) in [4.78, 5) is 0. The van der Waals surface area contributed by atoms with Crippen LogP contribution in [0.4, 0.5) is 0 Å². The molecule has 12 heavy (non-hydrogen) atoms. The highest BCUT2D eigenvalue weighted by Crippen LogP contribution is 2.32. The Morgan fingerprint density at radius 1 is 1.42 bits per heavy atom. The average molecular weight is 168 g/mol. The van der Waals surface area contributed by atoms with Crippen molar-refractivity contribution in [3.63, 3.8) is 0 Å². The number of aliphatic hydroxyl groups excluding tert-OH is 1. The van der Waals surface area contributed by atoms with Crippen LogP contribution in [0.15, 0.2) is 18.2 Å². The monoisotopic (exact) mass is 168 g/mol. The van der Waals surface area contributed by atoms with E-state index in [0.717, 1.165) is 0 Å². The Kier molecular flexibility index (Phi) is 2.55. The molecule has 1 rings (SSSR count). The molecule has 3 nitrogen and oxygen atoms in total. The Labute approximate surface area is 71.2 Å². The van der Waals surface area contributed by atoms with Gasteiger partial charge < -0.3 is 14.9 Å². The maximum absolute atomic E-state index is 9.47. The van der Waals surface area contributed by atoms with E-state index in [1.54, 1.807) is 25.1 Å². The predicted octanol–water partition coefficient (Wildman–Crippen LogP) is 1.45. The van der Waals surface area contributed by atoms with Crippen molar-refractivity contribution in [3.8, 4) is 11.5 Å². The molecule has 0 amide bonds. The van der Waals surface area contributed by atoms with Gasteiger partial charge in [-0.1, -0.05) is 12.1 Å². The van der Waals surface area contributed by atoms with Crippen LogP contribution in [0.3, 0.4) is 0 Å². The molecule has 0 bridgehead atoms. The number of hydrogen-bond donors (Lipinski definition) is 2. The van der Waals surface area contributed by atoms with Gasteiger partial charge in [0.1, 0.15) is 0 Å². The van der Waals surface area contributed by atoms with Crippen LogP contribution in [0.2, 0.25) is 0 Å². The highest BCUT2D eigenvalue weighted by atomic mass is 16.5. The quantitative estimate of drug-likeness (QED) is 0.702. The fourth-order valence-corrected chi connectivity index (χ4v) is 1.04. The van der Waals surface area contributed by atoms with Crippen LogP contribution in [0.5, 0.6) is 11.5 Å². The molecule has 1 aromatic carbocycles. The van der Waals surface area contributed by atoms with Crippen molar-refractivity contribution < 1.29 is 14.9 Å². The number of aliphatic hydroxyl groups is 1. The van der Waals surface area contributed by atoms with Gasteiger partial charge >= 0.3 is 0 Å². The zero-order chi connectivity index (χ0) is 9.14. The second-order valence-electron chi connectivity index (χ2n) is 2.57. The SMILES string of the molecule is COc1cccc([C@H](C)O)c1O. The van der Waals surface area contributed by atoms with Crippen molar-refractivity contribution in [2.24, 2.45) is 0 Å². The molecule has 1 aromatic rings. The molecule has 0 radical (unpaired) electrons. The lowest BCUT2D eigenvalue weighted by molar-refractivity contribution is 0.193. The van der Waals surface area contributed by atoms with E-state index in [1.165, 1.54) is 7.11 Å². The van der Waals surface area contributed by atoms with Gasteiger partial charge in [0.25, 0.3) is 0 Å². The normalized spacial score (nSPS) is 12.6. The molecule has 0 saturated heterocycles. The lowest BCUT2D eigenvalue weighted by Crippen LogP contribution is -1.93. The number of phenols is 1. The van der Waals surface area contributed by atoms with Crippen LogP contribution in [-0.4, -0.2) is 17.3 Å². The lowest BCUT2D eigenvalue weighted by atomic mass is 10.1. The van der Waals surface area contributed by atoms with E-state index in [2.05, 4.69) is 0 Å². The first kappa shape index (κ1) is 8.87. The summed E-state index contributed by atoms with van der Waals surface area (Å²) in [6.07, 6.45) is -0.680. The minimum absolute atomic E-state index is 0.00926. The van der Waals surface area contributed by atoms with Crippen LogP contribution in [0.1, 0.15) is 18.6 Å². The number of ether oxygens (including phenoxy) is 1. The summed E-state index contributed by atoms with van der Waals surface area (Å²) >= 11 is 0. The number of phenolic OH excluding ortho intramolecular Hbond substituents is 1. The summed E-state index contributed by atoms with van der Waals surface area (Å²) in [6.45, 7) is 1.59. The highest BCUT2D eigenvalue weighted by Gasteiger charge is 2.10. The number of aromatic hydroxyl groups is 1. The van der Waals surface area contributed by atoms with Crippen molar-refractivity contribution >= 4 is 0 Å². The summed E-state index contributed by atoms with van der Waals surface area (Å²) in [6, 6.07) is 5.02. The molecule has 0 unspecified atom stereocenters. The highest BCUT2D eigenvalue weighted by molar-refractivity contribution is 5.46.